The Morgan fingerprint density at radius 3 is 2.58 bits per heavy atom. The summed E-state index contributed by atoms with van der Waals surface area (Å²) in [4.78, 5) is 2.18. The summed E-state index contributed by atoms with van der Waals surface area (Å²) in [5.41, 5.74) is 3.36. The SMILES string of the molecule is CN1CCC(NS(=O)(=O)CCCc2ccccc2)c2ccccc21. The normalized spacial score (nSPS) is 17.5. The second-order valence-corrected chi connectivity index (χ2v) is 8.22. The molecule has 2 aromatic rings. The molecule has 0 radical (unpaired) electrons. The third-order valence-electron chi connectivity index (χ3n) is 4.52. The molecule has 1 aliphatic rings. The van der Waals surface area contributed by atoms with E-state index in [1.54, 1.807) is 0 Å². The van der Waals surface area contributed by atoms with Crippen molar-refractivity contribution in [1.29, 1.82) is 0 Å². The number of benzene rings is 2. The predicted octanol–water partition coefficient (Wildman–Crippen LogP) is 3.12. The van der Waals surface area contributed by atoms with E-state index in [0.29, 0.717) is 6.42 Å². The highest BCUT2D eigenvalue weighted by atomic mass is 32.2. The molecule has 0 bridgehead atoms. The summed E-state index contributed by atoms with van der Waals surface area (Å²) >= 11 is 0. The molecule has 3 rings (SSSR count). The summed E-state index contributed by atoms with van der Waals surface area (Å²) in [5.74, 6) is 0.163. The van der Waals surface area contributed by atoms with Crippen LogP contribution in [0.2, 0.25) is 0 Å². The smallest absolute Gasteiger partial charge is 0.212 e. The Morgan fingerprint density at radius 2 is 1.79 bits per heavy atom. The summed E-state index contributed by atoms with van der Waals surface area (Å²) in [7, 11) is -1.24. The van der Waals surface area contributed by atoms with Gasteiger partial charge in [-0.1, -0.05) is 48.5 Å². The van der Waals surface area contributed by atoms with Crippen molar-refractivity contribution in [3.8, 4) is 0 Å². The number of sulfonamides is 1. The van der Waals surface area contributed by atoms with Gasteiger partial charge in [0.05, 0.1) is 11.8 Å². The van der Waals surface area contributed by atoms with Crippen LogP contribution in [-0.2, 0) is 16.4 Å². The van der Waals surface area contributed by atoms with Gasteiger partial charge in [0, 0.05) is 19.3 Å². The minimum absolute atomic E-state index is 0.126. The van der Waals surface area contributed by atoms with E-state index in [0.717, 1.165) is 30.6 Å². The Balaban J connectivity index is 1.62. The van der Waals surface area contributed by atoms with Crippen molar-refractivity contribution in [3.05, 3.63) is 65.7 Å². The average Bonchev–Trinajstić information content (AvgIpc) is 2.58. The molecule has 0 aliphatic carbocycles. The number of hydrogen-bond acceptors (Lipinski definition) is 3. The second kappa shape index (κ2) is 7.36. The van der Waals surface area contributed by atoms with Crippen LogP contribution >= 0.6 is 0 Å². The minimum Gasteiger partial charge on any atom is -0.374 e. The van der Waals surface area contributed by atoms with Gasteiger partial charge in [-0.15, -0.1) is 0 Å². The quantitative estimate of drug-likeness (QED) is 0.876. The topological polar surface area (TPSA) is 49.4 Å². The monoisotopic (exact) mass is 344 g/mol. The zero-order valence-corrected chi connectivity index (χ0v) is 14.8. The van der Waals surface area contributed by atoms with Gasteiger partial charge in [-0.2, -0.15) is 0 Å². The van der Waals surface area contributed by atoms with Crippen molar-refractivity contribution < 1.29 is 8.42 Å². The standard InChI is InChI=1S/C19H24N2O2S/c1-21-14-13-18(17-11-5-6-12-19(17)21)20-24(22,23)15-7-10-16-8-3-2-4-9-16/h2-6,8-9,11-12,18,20H,7,10,13-15H2,1H3. The average molecular weight is 344 g/mol. The number of anilines is 1. The van der Waals surface area contributed by atoms with Gasteiger partial charge >= 0.3 is 0 Å². The highest BCUT2D eigenvalue weighted by Crippen LogP contribution is 2.33. The van der Waals surface area contributed by atoms with E-state index in [9.17, 15) is 8.42 Å². The van der Waals surface area contributed by atoms with E-state index in [-0.39, 0.29) is 11.8 Å². The molecule has 0 amide bonds. The molecule has 0 fully saturated rings. The van der Waals surface area contributed by atoms with Gasteiger partial charge < -0.3 is 4.90 Å². The van der Waals surface area contributed by atoms with Crippen LogP contribution in [0.25, 0.3) is 0 Å². The number of nitrogens with zero attached hydrogens (tertiary/aromatic N) is 1. The van der Waals surface area contributed by atoms with Crippen LogP contribution in [0.15, 0.2) is 54.6 Å². The van der Waals surface area contributed by atoms with E-state index in [2.05, 4.69) is 9.62 Å². The Bertz CT molecular complexity index is 775. The molecule has 4 nitrogen and oxygen atoms in total. The second-order valence-electron chi connectivity index (χ2n) is 6.35. The lowest BCUT2D eigenvalue weighted by Gasteiger charge is -2.33. The predicted molar refractivity (Wildman–Crippen MR) is 98.8 cm³/mol. The molecule has 128 valence electrons. The first-order valence-corrected chi connectivity index (χ1v) is 10.0. The van der Waals surface area contributed by atoms with Gasteiger partial charge in [-0.3, -0.25) is 0 Å². The number of fused-ring (bicyclic) bond motifs is 1. The molecule has 5 heteroatoms. The fourth-order valence-electron chi connectivity index (χ4n) is 3.24. The zero-order valence-electron chi connectivity index (χ0n) is 14.0. The van der Waals surface area contributed by atoms with E-state index in [1.165, 1.54) is 5.56 Å². The molecule has 2 aromatic carbocycles. The largest absolute Gasteiger partial charge is 0.374 e. The van der Waals surface area contributed by atoms with E-state index in [1.807, 2.05) is 61.6 Å². The Kier molecular flexibility index (Phi) is 5.21. The van der Waals surface area contributed by atoms with Crippen molar-refractivity contribution in [3.63, 3.8) is 0 Å². The summed E-state index contributed by atoms with van der Waals surface area (Å²) in [6, 6.07) is 17.9. The summed E-state index contributed by atoms with van der Waals surface area (Å²) < 4.78 is 27.8. The molecular weight excluding hydrogens is 320 g/mol. The highest BCUT2D eigenvalue weighted by Gasteiger charge is 2.26. The van der Waals surface area contributed by atoms with Crippen LogP contribution in [0, 0.1) is 0 Å². The number of para-hydroxylation sites is 1. The Hall–Kier alpha value is -1.85. The lowest BCUT2D eigenvalue weighted by Crippen LogP contribution is -2.37. The van der Waals surface area contributed by atoms with Crippen molar-refractivity contribution >= 4 is 15.7 Å². The molecule has 24 heavy (non-hydrogen) atoms. The lowest BCUT2D eigenvalue weighted by molar-refractivity contribution is 0.527. The third-order valence-corrected chi connectivity index (χ3v) is 5.99. The fraction of sp³-hybridized carbons (Fsp3) is 0.368. The van der Waals surface area contributed by atoms with Crippen LogP contribution in [0.4, 0.5) is 5.69 Å². The van der Waals surface area contributed by atoms with Crippen molar-refractivity contribution in [1.82, 2.24) is 4.72 Å². The summed E-state index contributed by atoms with van der Waals surface area (Å²) in [6.07, 6.45) is 2.21. The molecule has 0 saturated carbocycles. The maximum atomic E-state index is 12.5. The van der Waals surface area contributed by atoms with E-state index >= 15 is 0 Å². The first kappa shape index (κ1) is 17.0. The molecule has 0 aromatic heterocycles. The molecule has 0 spiro atoms. The van der Waals surface area contributed by atoms with E-state index in [4.69, 9.17) is 0 Å². The van der Waals surface area contributed by atoms with E-state index < -0.39 is 10.0 Å². The number of aryl methyl sites for hydroxylation is 1. The first-order chi connectivity index (χ1) is 11.6. The molecule has 1 heterocycles. The van der Waals surface area contributed by atoms with Crippen LogP contribution in [-0.4, -0.2) is 27.8 Å². The van der Waals surface area contributed by atoms with Crippen molar-refractivity contribution in [2.45, 2.75) is 25.3 Å². The van der Waals surface area contributed by atoms with Gasteiger partial charge in [-0.05, 0) is 36.5 Å². The van der Waals surface area contributed by atoms with Crippen molar-refractivity contribution in [2.24, 2.45) is 0 Å². The van der Waals surface area contributed by atoms with Crippen molar-refractivity contribution in [2.75, 3.05) is 24.2 Å². The van der Waals surface area contributed by atoms with Gasteiger partial charge in [0.25, 0.3) is 0 Å². The molecular formula is C19H24N2O2S. The molecule has 1 atom stereocenters. The minimum atomic E-state index is -3.28. The fourth-order valence-corrected chi connectivity index (χ4v) is 4.56. The highest BCUT2D eigenvalue weighted by molar-refractivity contribution is 7.89. The molecule has 0 saturated heterocycles. The molecule has 1 unspecified atom stereocenters. The van der Waals surface area contributed by atoms with Gasteiger partial charge in [0.2, 0.25) is 10.0 Å². The van der Waals surface area contributed by atoms with Gasteiger partial charge in [-0.25, -0.2) is 13.1 Å². The van der Waals surface area contributed by atoms with Gasteiger partial charge in [0.1, 0.15) is 0 Å². The number of nitrogens with one attached hydrogen (secondary N) is 1. The van der Waals surface area contributed by atoms with Crippen LogP contribution in [0.1, 0.15) is 30.0 Å². The van der Waals surface area contributed by atoms with Crippen LogP contribution in [0.5, 0.6) is 0 Å². The summed E-state index contributed by atoms with van der Waals surface area (Å²) in [5, 5.41) is 0. The maximum Gasteiger partial charge on any atom is 0.212 e. The number of hydrogen-bond donors (Lipinski definition) is 1. The number of rotatable bonds is 6. The molecule has 1 aliphatic heterocycles. The van der Waals surface area contributed by atoms with Gasteiger partial charge in [0.15, 0.2) is 0 Å². The molecule has 1 N–H and O–H groups in total. The Morgan fingerprint density at radius 1 is 1.08 bits per heavy atom. The van der Waals surface area contributed by atoms with Crippen LogP contribution < -0.4 is 9.62 Å². The van der Waals surface area contributed by atoms with Crippen LogP contribution in [0.3, 0.4) is 0 Å². The first-order valence-electron chi connectivity index (χ1n) is 8.39. The summed E-state index contributed by atoms with van der Waals surface area (Å²) in [6.45, 7) is 0.855. The zero-order chi connectivity index (χ0) is 17.0. The third kappa shape index (κ3) is 4.16. The lowest BCUT2D eigenvalue weighted by atomic mass is 9.98. The Labute approximate surface area is 144 Å². The maximum absolute atomic E-state index is 12.5.